The molecular weight excluding hydrogens is 503 g/mol. The summed E-state index contributed by atoms with van der Waals surface area (Å²) in [5.74, 6) is 0.540. The number of rotatable bonds is 7. The lowest BCUT2D eigenvalue weighted by Gasteiger charge is -2.18. The Morgan fingerprint density at radius 1 is 1.00 bits per heavy atom. The fourth-order valence-corrected chi connectivity index (χ4v) is 3.72. The molecule has 152 valence electrons. The molecule has 0 heterocycles. The molecule has 8 heteroatoms. The van der Waals surface area contributed by atoms with E-state index in [0.29, 0.717) is 38.8 Å². The van der Waals surface area contributed by atoms with Gasteiger partial charge >= 0.3 is 0 Å². The van der Waals surface area contributed by atoms with Crippen LogP contribution in [-0.4, -0.2) is 7.11 Å². The fourth-order valence-electron chi connectivity index (χ4n) is 2.70. The van der Waals surface area contributed by atoms with Crippen LogP contribution < -0.4 is 14.8 Å². The zero-order valence-corrected chi connectivity index (χ0v) is 19.1. The number of methoxy groups -OCH3 is 1. The number of halogens is 5. The quantitative estimate of drug-likeness (QED) is 0.346. The van der Waals surface area contributed by atoms with Crippen LogP contribution in [-0.2, 0) is 13.2 Å². The van der Waals surface area contributed by atoms with E-state index in [4.69, 9.17) is 44.3 Å². The first kappa shape index (κ1) is 22.0. The van der Waals surface area contributed by atoms with Crippen molar-refractivity contribution in [3.63, 3.8) is 0 Å². The number of benzene rings is 3. The maximum atomic E-state index is 14.1. The maximum Gasteiger partial charge on any atom is 0.167 e. The monoisotopic (exact) mass is 517 g/mol. The first-order valence-electron chi connectivity index (χ1n) is 8.50. The normalized spacial score (nSPS) is 10.7. The van der Waals surface area contributed by atoms with E-state index in [1.54, 1.807) is 36.4 Å². The van der Waals surface area contributed by atoms with Gasteiger partial charge in [-0.1, -0.05) is 56.8 Å². The maximum absolute atomic E-state index is 14.1. The number of hydrogen-bond donors (Lipinski definition) is 1. The Hall–Kier alpha value is -1.66. The molecule has 0 amide bonds. The molecule has 0 aromatic heterocycles. The van der Waals surface area contributed by atoms with Crippen LogP contribution >= 0.6 is 50.7 Å². The van der Waals surface area contributed by atoms with Crippen LogP contribution in [0.25, 0.3) is 0 Å². The summed E-state index contributed by atoms with van der Waals surface area (Å²) in [6, 6.07) is 13.3. The standard InChI is InChI=1S/C21H16BrCl3FNO2/c1-28-20-8-6-15(22)13(10-27-19-9-12(23)5-7-17(19)25)21(20)29-11-14-16(24)3-2-4-18(14)26/h2-9,27H,10-11H2,1H3. The van der Waals surface area contributed by atoms with Crippen LogP contribution in [0, 0.1) is 5.82 Å². The second-order valence-electron chi connectivity index (χ2n) is 6.02. The highest BCUT2D eigenvalue weighted by molar-refractivity contribution is 9.10. The molecule has 3 nitrogen and oxygen atoms in total. The summed E-state index contributed by atoms with van der Waals surface area (Å²) in [4.78, 5) is 0. The Labute approximate surface area is 191 Å². The molecular formula is C21H16BrCl3FNO2. The zero-order valence-electron chi connectivity index (χ0n) is 15.2. The third-order valence-electron chi connectivity index (χ3n) is 4.19. The molecule has 0 fully saturated rings. The average Bonchev–Trinajstić information content (AvgIpc) is 2.69. The minimum Gasteiger partial charge on any atom is -0.493 e. The van der Waals surface area contributed by atoms with Crippen molar-refractivity contribution < 1.29 is 13.9 Å². The molecule has 0 saturated carbocycles. The van der Waals surface area contributed by atoms with Gasteiger partial charge in [-0.15, -0.1) is 0 Å². The third-order valence-corrected chi connectivity index (χ3v) is 5.86. The lowest BCUT2D eigenvalue weighted by molar-refractivity contribution is 0.277. The second-order valence-corrected chi connectivity index (χ2v) is 8.13. The smallest absolute Gasteiger partial charge is 0.167 e. The Bertz CT molecular complexity index is 1010. The van der Waals surface area contributed by atoms with E-state index in [1.807, 2.05) is 6.07 Å². The van der Waals surface area contributed by atoms with Crippen LogP contribution in [0.4, 0.5) is 10.1 Å². The lowest BCUT2D eigenvalue weighted by atomic mass is 10.1. The first-order chi connectivity index (χ1) is 13.9. The first-order valence-corrected chi connectivity index (χ1v) is 10.4. The van der Waals surface area contributed by atoms with Crippen molar-refractivity contribution in [1.82, 2.24) is 0 Å². The highest BCUT2D eigenvalue weighted by atomic mass is 79.9. The molecule has 29 heavy (non-hydrogen) atoms. The average molecular weight is 520 g/mol. The zero-order chi connectivity index (χ0) is 21.0. The summed E-state index contributed by atoms with van der Waals surface area (Å²) >= 11 is 21.9. The van der Waals surface area contributed by atoms with E-state index in [2.05, 4.69) is 21.2 Å². The fraction of sp³-hybridized carbons (Fsp3) is 0.143. The Morgan fingerprint density at radius 3 is 2.52 bits per heavy atom. The van der Waals surface area contributed by atoms with Gasteiger partial charge in [0, 0.05) is 27.2 Å². The van der Waals surface area contributed by atoms with Crippen molar-refractivity contribution in [3.8, 4) is 11.5 Å². The van der Waals surface area contributed by atoms with Crippen molar-refractivity contribution in [2.24, 2.45) is 0 Å². The van der Waals surface area contributed by atoms with Crippen molar-refractivity contribution in [3.05, 3.63) is 85.0 Å². The van der Waals surface area contributed by atoms with Gasteiger partial charge in [-0.2, -0.15) is 0 Å². The Balaban J connectivity index is 1.89. The van der Waals surface area contributed by atoms with Crippen molar-refractivity contribution in [2.75, 3.05) is 12.4 Å². The molecule has 3 aromatic rings. The third kappa shape index (κ3) is 5.28. The SMILES string of the molecule is COc1ccc(Br)c(CNc2cc(Cl)ccc2Cl)c1OCc1c(F)cccc1Cl. The van der Waals surface area contributed by atoms with E-state index in [0.717, 1.165) is 10.0 Å². The predicted molar refractivity (Wildman–Crippen MR) is 120 cm³/mol. The minimum absolute atomic E-state index is 0.0523. The molecule has 0 saturated heterocycles. The van der Waals surface area contributed by atoms with E-state index < -0.39 is 5.82 Å². The van der Waals surface area contributed by atoms with Crippen LogP contribution in [0.5, 0.6) is 11.5 Å². The van der Waals surface area contributed by atoms with Gasteiger partial charge in [0.05, 0.1) is 22.8 Å². The van der Waals surface area contributed by atoms with E-state index in [9.17, 15) is 4.39 Å². The predicted octanol–water partition coefficient (Wildman–Crippen LogP) is 7.75. The van der Waals surface area contributed by atoms with Gasteiger partial charge in [-0.25, -0.2) is 4.39 Å². The summed E-state index contributed by atoms with van der Waals surface area (Å²) < 4.78 is 26.3. The molecule has 0 radical (unpaired) electrons. The highest BCUT2D eigenvalue weighted by Crippen LogP contribution is 2.38. The van der Waals surface area contributed by atoms with Crippen molar-refractivity contribution in [1.29, 1.82) is 0 Å². The van der Waals surface area contributed by atoms with E-state index in [-0.39, 0.29) is 12.2 Å². The van der Waals surface area contributed by atoms with Crippen LogP contribution in [0.15, 0.2) is 53.0 Å². The largest absolute Gasteiger partial charge is 0.493 e. The van der Waals surface area contributed by atoms with Crippen LogP contribution in [0.1, 0.15) is 11.1 Å². The summed E-state index contributed by atoms with van der Waals surface area (Å²) in [7, 11) is 1.54. The minimum atomic E-state index is -0.433. The van der Waals surface area contributed by atoms with Crippen molar-refractivity contribution >= 4 is 56.4 Å². The molecule has 0 aliphatic carbocycles. The van der Waals surface area contributed by atoms with Crippen LogP contribution in [0.2, 0.25) is 15.1 Å². The lowest BCUT2D eigenvalue weighted by Crippen LogP contribution is -2.07. The summed E-state index contributed by atoms with van der Waals surface area (Å²) in [6.45, 7) is 0.307. The van der Waals surface area contributed by atoms with Gasteiger partial charge in [-0.3, -0.25) is 0 Å². The molecule has 1 N–H and O–H groups in total. The van der Waals surface area contributed by atoms with Gasteiger partial charge in [-0.05, 0) is 42.5 Å². The van der Waals surface area contributed by atoms with Crippen molar-refractivity contribution in [2.45, 2.75) is 13.2 Å². The molecule has 0 spiro atoms. The number of anilines is 1. The topological polar surface area (TPSA) is 30.5 Å². The van der Waals surface area contributed by atoms with Gasteiger partial charge in [0.1, 0.15) is 12.4 Å². The molecule has 0 aliphatic heterocycles. The van der Waals surface area contributed by atoms with E-state index in [1.165, 1.54) is 13.2 Å². The molecule has 0 bridgehead atoms. The molecule has 0 atom stereocenters. The van der Waals surface area contributed by atoms with Gasteiger partial charge in [0.15, 0.2) is 11.5 Å². The molecule has 0 unspecified atom stereocenters. The summed E-state index contributed by atoms with van der Waals surface area (Å²) in [5.41, 5.74) is 1.72. The Morgan fingerprint density at radius 2 is 1.79 bits per heavy atom. The van der Waals surface area contributed by atoms with E-state index >= 15 is 0 Å². The number of nitrogens with one attached hydrogen (secondary N) is 1. The number of hydrogen-bond acceptors (Lipinski definition) is 3. The highest BCUT2D eigenvalue weighted by Gasteiger charge is 2.17. The van der Waals surface area contributed by atoms with Gasteiger partial charge in [0.2, 0.25) is 0 Å². The molecule has 0 aliphatic rings. The molecule has 3 rings (SSSR count). The summed E-state index contributed by atoms with van der Waals surface area (Å²) in [5, 5.41) is 4.64. The van der Waals surface area contributed by atoms with Gasteiger partial charge in [0.25, 0.3) is 0 Å². The summed E-state index contributed by atoms with van der Waals surface area (Å²) in [6.07, 6.45) is 0. The second kappa shape index (κ2) is 9.90. The Kier molecular flexibility index (Phi) is 7.52. The molecule has 3 aromatic carbocycles. The van der Waals surface area contributed by atoms with Gasteiger partial charge < -0.3 is 14.8 Å². The number of ether oxygens (including phenoxy) is 2. The van der Waals surface area contributed by atoms with Crippen LogP contribution in [0.3, 0.4) is 0 Å².